The second-order valence-electron chi connectivity index (χ2n) is 24.9. The Morgan fingerprint density at radius 3 is 2.18 bits per heavy atom. The van der Waals surface area contributed by atoms with E-state index in [1.165, 1.54) is 42.0 Å². The SMILES string of the molecule is COc1cc(C(C)(C)CCCCCCN=[N+]=[N-])cc(OC)c1[C@H]1C=C(CNC(=O)CCCCCCNC(=O)c2ccc(=O)n(S(=O)(=O)c3cccc(C(=O)NCc4cn(CCOCCOCCOCCOCCNc5ccc([N+](=O)[O-])c6nonc56)nn4)c3)c2)[C@H]2C[C@@H]1C2(C)C. The number of carbonyl (C=O) groups excluding carboxylic acids is 3. The van der Waals surface area contributed by atoms with Crippen LogP contribution in [0.25, 0.3) is 21.5 Å². The van der Waals surface area contributed by atoms with Gasteiger partial charge in [-0.1, -0.05) is 87.8 Å². The number of unbranched alkanes of at least 4 members (excludes halogenated alkanes) is 6. The maximum Gasteiger partial charge on any atom is 0.300 e. The molecule has 518 valence electrons. The highest BCUT2D eigenvalue weighted by Gasteiger charge is 2.56. The fraction of sp³-hybridized carbons (Fsp3) is 0.545. The third-order valence-corrected chi connectivity index (χ3v) is 19.5. The Hall–Kier alpha value is -8.80. The predicted molar refractivity (Wildman–Crippen MR) is 355 cm³/mol. The average molecular weight is 1350 g/mol. The lowest BCUT2D eigenvalue weighted by Gasteiger charge is -2.59. The first kappa shape index (κ1) is 73.0. The number of benzene rings is 3. The van der Waals surface area contributed by atoms with Crippen LogP contribution in [0.1, 0.15) is 142 Å². The lowest BCUT2D eigenvalue weighted by atomic mass is 9.45. The summed E-state index contributed by atoms with van der Waals surface area (Å²) in [5.74, 6) is 1.20. The Bertz CT molecular complexity index is 3860. The monoisotopic (exact) mass is 1350 g/mol. The molecule has 1 saturated carbocycles. The van der Waals surface area contributed by atoms with Crippen LogP contribution >= 0.6 is 0 Å². The van der Waals surface area contributed by atoms with E-state index >= 15 is 0 Å². The first-order valence-electron chi connectivity index (χ1n) is 32.5. The van der Waals surface area contributed by atoms with E-state index in [0.29, 0.717) is 125 Å². The molecule has 6 aromatic rings. The molecule has 96 heavy (non-hydrogen) atoms. The number of aromatic nitrogens is 6. The molecule has 0 aliphatic heterocycles. The van der Waals surface area contributed by atoms with Crippen molar-refractivity contribution >= 4 is 50.2 Å². The molecule has 0 radical (unpaired) electrons. The molecule has 3 aromatic heterocycles. The van der Waals surface area contributed by atoms with Crippen molar-refractivity contribution in [1.82, 2.24) is 45.2 Å². The van der Waals surface area contributed by atoms with Crippen LogP contribution in [-0.2, 0) is 52.3 Å². The first-order valence-corrected chi connectivity index (χ1v) is 33.9. The molecule has 3 atom stereocenters. The number of nitrogens with zero attached hydrogens (tertiary/aromatic N) is 10. The Morgan fingerprint density at radius 2 is 1.47 bits per heavy atom. The lowest BCUT2D eigenvalue weighted by molar-refractivity contribution is -0.383. The summed E-state index contributed by atoms with van der Waals surface area (Å²) in [5, 5.41) is 42.1. The van der Waals surface area contributed by atoms with Gasteiger partial charge in [-0.15, -0.1) is 5.10 Å². The number of rotatable bonds is 43. The van der Waals surface area contributed by atoms with Gasteiger partial charge in [-0.3, -0.25) is 29.3 Å². The molecule has 0 spiro atoms. The van der Waals surface area contributed by atoms with Crippen LogP contribution in [0, 0.1) is 27.4 Å². The van der Waals surface area contributed by atoms with Crippen molar-refractivity contribution in [1.29, 1.82) is 0 Å². The number of nitrogens with one attached hydrogen (secondary N) is 4. The summed E-state index contributed by atoms with van der Waals surface area (Å²) in [5.41, 5.74) is 12.1. The van der Waals surface area contributed by atoms with Crippen molar-refractivity contribution < 1.29 is 60.8 Å². The third-order valence-electron chi connectivity index (χ3n) is 17.8. The fourth-order valence-corrected chi connectivity index (χ4v) is 13.6. The van der Waals surface area contributed by atoms with Gasteiger partial charge in [-0.2, -0.15) is 0 Å². The highest BCUT2D eigenvalue weighted by atomic mass is 32.2. The largest absolute Gasteiger partial charge is 0.496 e. The topological polar surface area (TPSA) is 372 Å². The molecule has 3 aliphatic carbocycles. The molecule has 29 nitrogen and oxygen atoms in total. The van der Waals surface area contributed by atoms with Gasteiger partial charge in [0.15, 0.2) is 5.52 Å². The summed E-state index contributed by atoms with van der Waals surface area (Å²) >= 11 is 0. The Morgan fingerprint density at radius 1 is 0.792 bits per heavy atom. The van der Waals surface area contributed by atoms with E-state index < -0.39 is 32.3 Å². The number of anilines is 1. The summed E-state index contributed by atoms with van der Waals surface area (Å²) in [6, 6.07) is 14.7. The van der Waals surface area contributed by atoms with E-state index in [1.807, 2.05) is 0 Å². The van der Waals surface area contributed by atoms with Crippen molar-refractivity contribution in [3.05, 3.63) is 144 Å². The quantitative estimate of drug-likeness (QED) is 0.00527. The molecule has 3 aliphatic rings. The Kier molecular flexibility index (Phi) is 26.8. The number of pyridine rings is 1. The number of fused-ring (bicyclic) bond motifs is 2. The average Bonchev–Trinajstić information content (AvgIpc) is 0.781. The molecule has 3 aromatic carbocycles. The maximum atomic E-state index is 13.9. The van der Waals surface area contributed by atoms with Crippen molar-refractivity contribution in [2.75, 3.05) is 98.6 Å². The lowest BCUT2D eigenvalue weighted by Crippen LogP contribution is -2.52. The summed E-state index contributed by atoms with van der Waals surface area (Å²) < 4.78 is 68.9. The normalized spacial score (nSPS) is 15.6. The number of methoxy groups -OCH3 is 2. The molecule has 3 heterocycles. The van der Waals surface area contributed by atoms with Gasteiger partial charge in [0.25, 0.3) is 27.4 Å². The number of azide groups is 1. The number of nitro groups is 1. The molecule has 4 N–H and O–H groups in total. The van der Waals surface area contributed by atoms with Crippen LogP contribution in [0.15, 0.2) is 104 Å². The minimum absolute atomic E-state index is 0.00692. The minimum atomic E-state index is -4.55. The van der Waals surface area contributed by atoms with Gasteiger partial charge in [-0.25, -0.2) is 21.7 Å². The number of hydrogen-bond donors (Lipinski definition) is 4. The van der Waals surface area contributed by atoms with Crippen molar-refractivity contribution in [3.63, 3.8) is 0 Å². The van der Waals surface area contributed by atoms with Crippen LogP contribution in [0.4, 0.5) is 11.4 Å². The number of nitro benzene ring substituents is 1. The number of carbonyl (C=O) groups is 3. The van der Waals surface area contributed by atoms with Crippen LogP contribution in [-0.4, -0.2) is 154 Å². The first-order chi connectivity index (χ1) is 46.3. The van der Waals surface area contributed by atoms with Crippen LogP contribution in [0.5, 0.6) is 11.5 Å². The number of ether oxygens (including phenoxy) is 6. The smallest absolute Gasteiger partial charge is 0.300 e. The molecule has 1 fully saturated rings. The van der Waals surface area contributed by atoms with Crippen molar-refractivity contribution in [3.8, 4) is 11.5 Å². The van der Waals surface area contributed by atoms with E-state index in [4.69, 9.17) is 34.0 Å². The van der Waals surface area contributed by atoms with Crippen molar-refractivity contribution in [2.24, 2.45) is 22.4 Å². The van der Waals surface area contributed by atoms with E-state index in [-0.39, 0.29) is 68.5 Å². The molecular weight excluding hydrogens is 1260 g/mol. The van der Waals surface area contributed by atoms with Gasteiger partial charge in [0.05, 0.1) is 107 Å². The van der Waals surface area contributed by atoms with Crippen LogP contribution in [0.2, 0.25) is 0 Å². The number of amides is 3. The summed E-state index contributed by atoms with van der Waals surface area (Å²) in [6.45, 7) is 14.0. The van der Waals surface area contributed by atoms with Crippen LogP contribution in [0.3, 0.4) is 0 Å². The zero-order chi connectivity index (χ0) is 68.7. The van der Waals surface area contributed by atoms with Crippen molar-refractivity contribution in [2.45, 2.75) is 128 Å². The zero-order valence-corrected chi connectivity index (χ0v) is 56.2. The predicted octanol–water partition coefficient (Wildman–Crippen LogP) is 8.97. The minimum Gasteiger partial charge on any atom is -0.496 e. The number of allylic oxidation sites excluding steroid dienone is 1. The standard InChI is InChI=1S/C66H88N14O15S/c1-65(2,23-12-8-10-14-25-72-76-67)48-38-56(89-5)60(57(39-48)90-6)51-37-47(52-40-53(51)66(52,3)4)41-70-58(81)18-11-7-9-13-24-69-64(84)46-19-22-59(82)79(43-46)96(87,88)50-17-15-16-45(36-50)63(83)71-42-49-44-78(77-73-49)27-29-92-31-33-94-35-34-93-32-30-91-28-26-68-54-20-21-55(80(85)86)62-61(54)74-95-75-62/h15-17,19-22,36-39,43-44,51-53,68H,7-14,18,23-35,40-42H2,1-6H3,(H,69,84)(H,70,81)(H,71,83)/t51-,52+,53-/m0/s1. The molecule has 30 heteroatoms. The van der Waals surface area contributed by atoms with Gasteiger partial charge in [0.1, 0.15) is 17.2 Å². The second-order valence-corrected chi connectivity index (χ2v) is 26.8. The molecular formula is C66H88N14O15S. The maximum absolute atomic E-state index is 13.9. The van der Waals surface area contributed by atoms with Gasteiger partial charge in [0, 0.05) is 72.9 Å². The summed E-state index contributed by atoms with van der Waals surface area (Å²) in [6.07, 6.45) is 14.1. The van der Waals surface area contributed by atoms with E-state index in [9.17, 15) is 37.7 Å². The van der Waals surface area contributed by atoms with E-state index in [2.05, 4.69) is 102 Å². The van der Waals surface area contributed by atoms with E-state index in [1.54, 1.807) is 25.1 Å². The molecule has 2 bridgehead atoms. The third kappa shape index (κ3) is 19.5. The number of hydrogen-bond acceptors (Lipinski definition) is 21. The van der Waals surface area contributed by atoms with Crippen LogP contribution < -0.4 is 36.3 Å². The molecule has 9 rings (SSSR count). The zero-order valence-electron chi connectivity index (χ0n) is 55.4. The van der Waals surface area contributed by atoms with Gasteiger partial charge < -0.3 is 49.7 Å². The highest BCUT2D eigenvalue weighted by molar-refractivity contribution is 7.90. The highest BCUT2D eigenvalue weighted by Crippen LogP contribution is 2.65. The van der Waals surface area contributed by atoms with Gasteiger partial charge in [-0.05, 0) is 119 Å². The summed E-state index contributed by atoms with van der Waals surface area (Å²) in [7, 11) is -1.12. The molecule has 0 unspecified atom stereocenters. The second kappa shape index (κ2) is 35.3. The van der Waals surface area contributed by atoms with E-state index in [0.717, 1.165) is 92.3 Å². The van der Waals surface area contributed by atoms with Gasteiger partial charge in [0.2, 0.25) is 11.4 Å². The fourth-order valence-electron chi connectivity index (χ4n) is 12.3. The summed E-state index contributed by atoms with van der Waals surface area (Å²) in [4.78, 5) is 65.9. The molecule has 3 amide bonds. The number of non-ortho nitro benzene ring substituents is 1. The van der Waals surface area contributed by atoms with Gasteiger partial charge >= 0.3 is 5.69 Å². The Labute approximate surface area is 557 Å². The molecule has 0 saturated heterocycles. The Balaban J connectivity index is 0.686.